The standard InChI is InChI=1S/C17H18N6O/c24-17(14-3-1-4-16(11-14)23-8-2-7-20-23)21-9-5-15(6-10-21)22-12-18-19-13-22/h1-4,7-8,11-13,15H,5-6,9-10H2. The van der Waals surface area contributed by atoms with Gasteiger partial charge in [0, 0.05) is 37.1 Å². The van der Waals surface area contributed by atoms with Gasteiger partial charge < -0.3 is 9.47 Å². The van der Waals surface area contributed by atoms with Crippen molar-refractivity contribution >= 4 is 5.91 Å². The minimum atomic E-state index is 0.0752. The predicted molar refractivity (Wildman–Crippen MR) is 87.8 cm³/mol. The van der Waals surface area contributed by atoms with Gasteiger partial charge in [0.05, 0.1) is 5.69 Å². The topological polar surface area (TPSA) is 68.8 Å². The summed E-state index contributed by atoms with van der Waals surface area (Å²) in [5, 5.41) is 11.9. The lowest BCUT2D eigenvalue weighted by molar-refractivity contribution is 0.0694. The van der Waals surface area contributed by atoms with Crippen molar-refractivity contribution in [2.45, 2.75) is 18.9 Å². The van der Waals surface area contributed by atoms with Crippen LogP contribution in [-0.2, 0) is 0 Å². The van der Waals surface area contributed by atoms with Gasteiger partial charge in [-0.25, -0.2) is 4.68 Å². The summed E-state index contributed by atoms with van der Waals surface area (Å²) in [5.74, 6) is 0.0752. The molecule has 1 fully saturated rings. The van der Waals surface area contributed by atoms with Crippen LogP contribution < -0.4 is 0 Å². The number of likely N-dealkylation sites (tertiary alicyclic amines) is 1. The average molecular weight is 322 g/mol. The molecule has 0 spiro atoms. The van der Waals surface area contributed by atoms with Gasteiger partial charge in [0.15, 0.2) is 0 Å². The maximum absolute atomic E-state index is 12.8. The summed E-state index contributed by atoms with van der Waals surface area (Å²) in [6, 6.07) is 9.84. The molecular weight excluding hydrogens is 304 g/mol. The fraction of sp³-hybridized carbons (Fsp3) is 0.294. The van der Waals surface area contributed by atoms with Crippen LogP contribution in [-0.4, -0.2) is 48.4 Å². The summed E-state index contributed by atoms with van der Waals surface area (Å²) in [5.41, 5.74) is 1.59. The van der Waals surface area contributed by atoms with E-state index in [1.807, 2.05) is 46.0 Å². The van der Waals surface area contributed by atoms with Crippen molar-refractivity contribution in [1.29, 1.82) is 0 Å². The Morgan fingerprint density at radius 2 is 1.88 bits per heavy atom. The zero-order valence-electron chi connectivity index (χ0n) is 13.2. The number of carbonyl (C=O) groups excluding carboxylic acids is 1. The van der Waals surface area contributed by atoms with Crippen molar-refractivity contribution in [3.63, 3.8) is 0 Å². The normalized spacial score (nSPS) is 15.6. The van der Waals surface area contributed by atoms with Crippen molar-refractivity contribution in [2.75, 3.05) is 13.1 Å². The molecule has 122 valence electrons. The molecule has 2 aromatic heterocycles. The highest BCUT2D eigenvalue weighted by molar-refractivity contribution is 5.94. The van der Waals surface area contributed by atoms with Gasteiger partial charge in [0.2, 0.25) is 0 Å². The first-order valence-electron chi connectivity index (χ1n) is 8.05. The molecule has 0 aliphatic carbocycles. The van der Waals surface area contributed by atoms with E-state index in [9.17, 15) is 4.79 Å². The van der Waals surface area contributed by atoms with Crippen molar-refractivity contribution in [3.05, 3.63) is 60.9 Å². The molecule has 7 heteroatoms. The second kappa shape index (κ2) is 6.27. The molecule has 3 heterocycles. The number of hydrogen-bond acceptors (Lipinski definition) is 4. The van der Waals surface area contributed by atoms with E-state index in [0.717, 1.165) is 31.6 Å². The molecule has 24 heavy (non-hydrogen) atoms. The van der Waals surface area contributed by atoms with Gasteiger partial charge in [-0.15, -0.1) is 10.2 Å². The highest BCUT2D eigenvalue weighted by Gasteiger charge is 2.24. The Kier molecular flexibility index (Phi) is 3.82. The quantitative estimate of drug-likeness (QED) is 0.739. The predicted octanol–water partition coefficient (Wildman–Crippen LogP) is 1.94. The summed E-state index contributed by atoms with van der Waals surface area (Å²) in [6.45, 7) is 1.49. The summed E-state index contributed by atoms with van der Waals surface area (Å²) < 4.78 is 3.79. The maximum Gasteiger partial charge on any atom is 0.253 e. The molecule has 0 bridgehead atoms. The van der Waals surface area contributed by atoms with E-state index in [1.165, 1.54) is 0 Å². The third kappa shape index (κ3) is 2.80. The molecule has 7 nitrogen and oxygen atoms in total. The van der Waals surface area contributed by atoms with Gasteiger partial charge in [-0.1, -0.05) is 6.07 Å². The monoisotopic (exact) mass is 322 g/mol. The van der Waals surface area contributed by atoms with Gasteiger partial charge in [0.1, 0.15) is 12.7 Å². The van der Waals surface area contributed by atoms with Crippen LogP contribution >= 0.6 is 0 Å². The van der Waals surface area contributed by atoms with E-state index in [2.05, 4.69) is 15.3 Å². The van der Waals surface area contributed by atoms with E-state index < -0.39 is 0 Å². The number of piperidine rings is 1. The van der Waals surface area contributed by atoms with Crippen molar-refractivity contribution in [3.8, 4) is 5.69 Å². The molecular formula is C17H18N6O. The van der Waals surface area contributed by atoms with E-state index in [4.69, 9.17) is 0 Å². The minimum absolute atomic E-state index is 0.0752. The first kappa shape index (κ1) is 14.6. The SMILES string of the molecule is O=C(c1cccc(-n2cccn2)c1)N1CCC(n2cnnc2)CC1. The first-order valence-corrected chi connectivity index (χ1v) is 8.05. The zero-order valence-corrected chi connectivity index (χ0v) is 13.2. The number of benzene rings is 1. The number of aromatic nitrogens is 5. The van der Waals surface area contributed by atoms with E-state index in [-0.39, 0.29) is 5.91 Å². The summed E-state index contributed by atoms with van der Waals surface area (Å²) in [6.07, 6.45) is 8.93. The number of hydrogen-bond donors (Lipinski definition) is 0. The summed E-state index contributed by atoms with van der Waals surface area (Å²) in [4.78, 5) is 14.7. The smallest absolute Gasteiger partial charge is 0.253 e. The van der Waals surface area contributed by atoms with Crippen LogP contribution in [0, 0.1) is 0 Å². The van der Waals surface area contributed by atoms with Crippen LogP contribution in [0.1, 0.15) is 29.2 Å². The lowest BCUT2D eigenvalue weighted by atomic mass is 10.0. The van der Waals surface area contributed by atoms with Crippen LogP contribution in [0.5, 0.6) is 0 Å². The van der Waals surface area contributed by atoms with Crippen LogP contribution in [0.25, 0.3) is 5.69 Å². The first-order chi connectivity index (χ1) is 11.8. The zero-order chi connectivity index (χ0) is 16.4. The van der Waals surface area contributed by atoms with Gasteiger partial charge >= 0.3 is 0 Å². The van der Waals surface area contributed by atoms with Crippen LogP contribution in [0.2, 0.25) is 0 Å². The van der Waals surface area contributed by atoms with Crippen LogP contribution in [0.4, 0.5) is 0 Å². The number of rotatable bonds is 3. The Labute approximate surface area is 139 Å². The molecule has 0 atom stereocenters. The lowest BCUT2D eigenvalue weighted by Crippen LogP contribution is -2.39. The molecule has 0 unspecified atom stereocenters. The summed E-state index contributed by atoms with van der Waals surface area (Å²) in [7, 11) is 0. The molecule has 0 radical (unpaired) electrons. The van der Waals surface area contributed by atoms with Crippen molar-refractivity contribution in [2.24, 2.45) is 0 Å². The third-order valence-corrected chi connectivity index (χ3v) is 4.47. The minimum Gasteiger partial charge on any atom is -0.338 e. The molecule has 1 saturated heterocycles. The molecule has 0 saturated carbocycles. The molecule has 4 rings (SSSR count). The summed E-state index contributed by atoms with van der Waals surface area (Å²) >= 11 is 0. The van der Waals surface area contributed by atoms with Gasteiger partial charge in [-0.3, -0.25) is 4.79 Å². The Bertz CT molecular complexity index is 803. The lowest BCUT2D eigenvalue weighted by Gasteiger charge is -2.32. The molecule has 1 aliphatic heterocycles. The number of carbonyl (C=O) groups is 1. The van der Waals surface area contributed by atoms with Gasteiger partial charge in [0.25, 0.3) is 5.91 Å². The van der Waals surface area contributed by atoms with E-state index in [1.54, 1.807) is 23.5 Å². The van der Waals surface area contributed by atoms with E-state index >= 15 is 0 Å². The fourth-order valence-corrected chi connectivity index (χ4v) is 3.15. The number of amides is 1. The molecule has 1 amide bonds. The Balaban J connectivity index is 1.46. The second-order valence-corrected chi connectivity index (χ2v) is 5.93. The second-order valence-electron chi connectivity index (χ2n) is 5.93. The Morgan fingerprint density at radius 3 is 2.58 bits per heavy atom. The van der Waals surface area contributed by atoms with Gasteiger partial charge in [-0.05, 0) is 37.1 Å². The highest BCUT2D eigenvalue weighted by Crippen LogP contribution is 2.23. The molecule has 0 N–H and O–H groups in total. The fourth-order valence-electron chi connectivity index (χ4n) is 3.15. The van der Waals surface area contributed by atoms with Gasteiger partial charge in [-0.2, -0.15) is 5.10 Å². The van der Waals surface area contributed by atoms with Crippen molar-refractivity contribution in [1.82, 2.24) is 29.4 Å². The largest absolute Gasteiger partial charge is 0.338 e. The molecule has 1 aliphatic rings. The molecule has 3 aromatic rings. The average Bonchev–Trinajstić information content (AvgIpc) is 3.35. The van der Waals surface area contributed by atoms with Crippen molar-refractivity contribution < 1.29 is 4.79 Å². The Morgan fingerprint density at radius 1 is 1.08 bits per heavy atom. The number of nitrogens with zero attached hydrogens (tertiary/aromatic N) is 6. The maximum atomic E-state index is 12.8. The molecule has 1 aromatic carbocycles. The van der Waals surface area contributed by atoms with Crippen LogP contribution in [0.15, 0.2) is 55.4 Å². The van der Waals surface area contributed by atoms with E-state index in [0.29, 0.717) is 11.6 Å². The van der Waals surface area contributed by atoms with Crippen LogP contribution in [0.3, 0.4) is 0 Å². The highest BCUT2D eigenvalue weighted by atomic mass is 16.2. The Hall–Kier alpha value is -2.96. The third-order valence-electron chi connectivity index (χ3n) is 4.47.